The van der Waals surface area contributed by atoms with Gasteiger partial charge in [-0.1, -0.05) is 72.8 Å². The van der Waals surface area contributed by atoms with Gasteiger partial charge < -0.3 is 9.47 Å². The Hall–Kier alpha value is -3.86. The van der Waals surface area contributed by atoms with Gasteiger partial charge in [0.2, 0.25) is 0 Å². The van der Waals surface area contributed by atoms with Crippen molar-refractivity contribution in [3.63, 3.8) is 0 Å². The Balaban J connectivity index is 1.40. The number of benzene rings is 3. The summed E-state index contributed by atoms with van der Waals surface area (Å²) in [4.78, 5) is 12.1. The maximum absolute atomic E-state index is 12.1. The third-order valence-electron chi connectivity index (χ3n) is 5.33. The molecule has 5 heteroatoms. The number of nitrogens with zero attached hydrogens (tertiary/aromatic N) is 2. The summed E-state index contributed by atoms with van der Waals surface area (Å²) >= 11 is 0. The van der Waals surface area contributed by atoms with Gasteiger partial charge in [-0.25, -0.2) is 0 Å². The van der Waals surface area contributed by atoms with E-state index in [2.05, 4.69) is 24.3 Å². The second kappa shape index (κ2) is 11.1. The monoisotopic (exact) mass is 440 g/mol. The minimum atomic E-state index is -0.236. The van der Waals surface area contributed by atoms with E-state index in [-0.39, 0.29) is 12.4 Å². The number of aryl methyl sites for hydroxylation is 2. The van der Waals surface area contributed by atoms with E-state index in [1.165, 1.54) is 5.56 Å². The first-order chi connectivity index (χ1) is 16.2. The van der Waals surface area contributed by atoms with Crippen LogP contribution in [0.25, 0.3) is 11.3 Å². The van der Waals surface area contributed by atoms with Crippen LogP contribution in [0.4, 0.5) is 0 Å². The topological polar surface area (TPSA) is 53.4 Å². The molecular weight excluding hydrogens is 412 g/mol. The highest BCUT2D eigenvalue weighted by Gasteiger charge is 2.15. The van der Waals surface area contributed by atoms with Crippen molar-refractivity contribution in [1.29, 1.82) is 0 Å². The van der Waals surface area contributed by atoms with Crippen molar-refractivity contribution in [3.8, 4) is 17.0 Å². The highest BCUT2D eigenvalue weighted by molar-refractivity contribution is 5.76. The molecule has 0 N–H and O–H groups in total. The smallest absolute Gasteiger partial charge is 0.310 e. The molecule has 0 aliphatic rings. The van der Waals surface area contributed by atoms with E-state index < -0.39 is 0 Å². The number of esters is 1. The number of hydrogen-bond acceptors (Lipinski definition) is 4. The molecule has 0 saturated heterocycles. The lowest BCUT2D eigenvalue weighted by Gasteiger charge is -2.08. The highest BCUT2D eigenvalue weighted by atomic mass is 16.5. The zero-order chi connectivity index (χ0) is 22.9. The zero-order valence-corrected chi connectivity index (χ0v) is 18.8. The number of ether oxygens (including phenoxy) is 2. The molecule has 168 valence electrons. The summed E-state index contributed by atoms with van der Waals surface area (Å²) in [7, 11) is 0. The van der Waals surface area contributed by atoms with E-state index in [1.54, 1.807) is 0 Å². The van der Waals surface area contributed by atoms with Crippen LogP contribution in [0, 0.1) is 0 Å². The third-order valence-corrected chi connectivity index (χ3v) is 5.33. The first-order valence-electron chi connectivity index (χ1n) is 11.2. The van der Waals surface area contributed by atoms with Crippen molar-refractivity contribution in [2.24, 2.45) is 0 Å². The van der Waals surface area contributed by atoms with E-state index in [0.717, 1.165) is 34.6 Å². The molecule has 1 heterocycles. The van der Waals surface area contributed by atoms with Gasteiger partial charge in [-0.05, 0) is 36.6 Å². The standard InChI is InChI=1S/C28H28N2O3/c1-2-32-27(31)19-25-20-30(29-28(25)24-11-7-4-8-12-24)18-17-22-13-15-26(16-14-22)33-21-23-9-5-3-6-10-23/h3-16,20H,2,17-19,21H2,1H3. The van der Waals surface area contributed by atoms with E-state index in [4.69, 9.17) is 14.6 Å². The molecule has 0 unspecified atom stereocenters. The van der Waals surface area contributed by atoms with Crippen LogP contribution in [0.15, 0.2) is 91.1 Å². The van der Waals surface area contributed by atoms with Gasteiger partial charge in [0, 0.05) is 23.9 Å². The van der Waals surface area contributed by atoms with Crippen LogP contribution in [-0.4, -0.2) is 22.4 Å². The summed E-state index contributed by atoms with van der Waals surface area (Å²) in [5, 5.41) is 4.77. The van der Waals surface area contributed by atoms with E-state index >= 15 is 0 Å². The van der Waals surface area contributed by atoms with Gasteiger partial charge in [-0.2, -0.15) is 5.10 Å². The normalized spacial score (nSPS) is 10.7. The molecule has 1 aromatic heterocycles. The lowest BCUT2D eigenvalue weighted by atomic mass is 10.1. The van der Waals surface area contributed by atoms with Crippen LogP contribution >= 0.6 is 0 Å². The Morgan fingerprint density at radius 3 is 2.27 bits per heavy atom. The average Bonchev–Trinajstić information content (AvgIpc) is 3.26. The minimum absolute atomic E-state index is 0.214. The average molecular weight is 441 g/mol. The van der Waals surface area contributed by atoms with Crippen LogP contribution in [-0.2, 0) is 35.5 Å². The molecule has 0 aliphatic carbocycles. The number of hydrogen-bond donors (Lipinski definition) is 0. The first-order valence-corrected chi connectivity index (χ1v) is 11.2. The van der Waals surface area contributed by atoms with Gasteiger partial charge in [-0.3, -0.25) is 9.48 Å². The predicted octanol–water partition coefficient (Wildman–Crippen LogP) is 5.48. The van der Waals surface area contributed by atoms with Crippen LogP contribution in [0.3, 0.4) is 0 Å². The van der Waals surface area contributed by atoms with Crippen molar-refractivity contribution in [1.82, 2.24) is 9.78 Å². The summed E-state index contributed by atoms with van der Waals surface area (Å²) in [5.41, 5.74) is 5.05. The van der Waals surface area contributed by atoms with Crippen molar-refractivity contribution in [2.45, 2.75) is 32.9 Å². The Morgan fingerprint density at radius 1 is 0.879 bits per heavy atom. The van der Waals surface area contributed by atoms with E-state index in [1.807, 2.05) is 78.5 Å². The van der Waals surface area contributed by atoms with Crippen LogP contribution in [0.5, 0.6) is 5.75 Å². The van der Waals surface area contributed by atoms with Crippen LogP contribution in [0.2, 0.25) is 0 Å². The fraction of sp³-hybridized carbons (Fsp3) is 0.214. The molecule has 0 bridgehead atoms. The minimum Gasteiger partial charge on any atom is -0.489 e. The number of aromatic nitrogens is 2. The van der Waals surface area contributed by atoms with Crippen molar-refractivity contribution in [3.05, 3.63) is 108 Å². The summed E-state index contributed by atoms with van der Waals surface area (Å²) < 4.78 is 12.9. The van der Waals surface area contributed by atoms with Gasteiger partial charge in [0.05, 0.1) is 18.7 Å². The first kappa shape index (κ1) is 22.3. The lowest BCUT2D eigenvalue weighted by Crippen LogP contribution is -2.07. The van der Waals surface area contributed by atoms with Gasteiger partial charge >= 0.3 is 5.97 Å². The molecule has 5 nitrogen and oxygen atoms in total. The molecule has 0 spiro atoms. The summed E-state index contributed by atoms with van der Waals surface area (Å²) in [5.74, 6) is 0.616. The van der Waals surface area contributed by atoms with Gasteiger partial charge in [0.25, 0.3) is 0 Å². The fourth-order valence-electron chi connectivity index (χ4n) is 3.65. The maximum Gasteiger partial charge on any atom is 0.310 e. The molecule has 0 aliphatic heterocycles. The molecule has 0 radical (unpaired) electrons. The summed E-state index contributed by atoms with van der Waals surface area (Å²) in [6.45, 7) is 3.46. The Bertz CT molecular complexity index is 1150. The van der Waals surface area contributed by atoms with Gasteiger partial charge in [-0.15, -0.1) is 0 Å². The quantitative estimate of drug-likeness (QED) is 0.307. The predicted molar refractivity (Wildman–Crippen MR) is 129 cm³/mol. The second-order valence-corrected chi connectivity index (χ2v) is 7.78. The highest BCUT2D eigenvalue weighted by Crippen LogP contribution is 2.23. The summed E-state index contributed by atoms with van der Waals surface area (Å²) in [6.07, 6.45) is 3.00. The van der Waals surface area contributed by atoms with E-state index in [9.17, 15) is 4.79 Å². The largest absolute Gasteiger partial charge is 0.489 e. The fourth-order valence-corrected chi connectivity index (χ4v) is 3.65. The van der Waals surface area contributed by atoms with Crippen molar-refractivity contribution in [2.75, 3.05) is 6.61 Å². The van der Waals surface area contributed by atoms with E-state index in [0.29, 0.717) is 19.8 Å². The van der Waals surface area contributed by atoms with Gasteiger partial charge in [0.1, 0.15) is 12.4 Å². The summed E-state index contributed by atoms with van der Waals surface area (Å²) in [6, 6.07) is 28.3. The molecule has 33 heavy (non-hydrogen) atoms. The Labute approximate surface area is 194 Å². The number of carbonyl (C=O) groups is 1. The molecule has 3 aromatic carbocycles. The molecule has 0 amide bonds. The zero-order valence-electron chi connectivity index (χ0n) is 18.8. The van der Waals surface area contributed by atoms with Gasteiger partial charge in [0.15, 0.2) is 0 Å². The Kier molecular flexibility index (Phi) is 7.54. The number of rotatable bonds is 10. The van der Waals surface area contributed by atoms with Crippen molar-refractivity contribution < 1.29 is 14.3 Å². The van der Waals surface area contributed by atoms with Crippen LogP contribution < -0.4 is 4.74 Å². The Morgan fingerprint density at radius 2 is 1.58 bits per heavy atom. The van der Waals surface area contributed by atoms with Crippen molar-refractivity contribution >= 4 is 5.97 Å². The molecule has 0 fully saturated rings. The maximum atomic E-state index is 12.1. The molecule has 4 rings (SSSR count). The molecular formula is C28H28N2O3. The molecule has 4 aromatic rings. The third kappa shape index (κ3) is 6.32. The lowest BCUT2D eigenvalue weighted by molar-refractivity contribution is -0.142. The number of carbonyl (C=O) groups excluding carboxylic acids is 1. The molecule has 0 atom stereocenters. The second-order valence-electron chi connectivity index (χ2n) is 7.78. The molecule has 0 saturated carbocycles. The van der Waals surface area contributed by atoms with Crippen LogP contribution in [0.1, 0.15) is 23.6 Å². The SMILES string of the molecule is CCOC(=O)Cc1cn(CCc2ccc(OCc3ccccc3)cc2)nc1-c1ccccc1.